The number of esters is 4. The number of hydrogen-bond donors (Lipinski definition) is 0. The van der Waals surface area contributed by atoms with Crippen LogP contribution in [0.5, 0.6) is 23.0 Å². The minimum Gasteiger partial charge on any atom is -0.494 e. The fourth-order valence-electron chi connectivity index (χ4n) is 11.6. The van der Waals surface area contributed by atoms with Gasteiger partial charge in [0.2, 0.25) is 0 Å². The number of rotatable bonds is 30. The van der Waals surface area contributed by atoms with Crippen molar-refractivity contribution in [2.24, 2.45) is 11.8 Å². The van der Waals surface area contributed by atoms with Crippen LogP contribution in [-0.2, 0) is 28.7 Å². The van der Waals surface area contributed by atoms with Gasteiger partial charge < -0.3 is 28.4 Å². The zero-order chi connectivity index (χ0) is 58.6. The highest BCUT2D eigenvalue weighted by Crippen LogP contribution is 2.59. The summed E-state index contributed by atoms with van der Waals surface area (Å²) in [6, 6.07) is 36.6. The third kappa shape index (κ3) is 16.5. The zero-order valence-corrected chi connectivity index (χ0v) is 51.0. The molecule has 10 nitrogen and oxygen atoms in total. The first-order valence-corrected chi connectivity index (χ1v) is 32.5. The van der Waals surface area contributed by atoms with Gasteiger partial charge in [-0.15, -0.1) is 22.7 Å². The number of unbranched alkanes of at least 4 members (excludes halogenated alkanes) is 10. The van der Waals surface area contributed by atoms with Gasteiger partial charge in [-0.05, 0) is 135 Å². The molecule has 0 spiro atoms. The van der Waals surface area contributed by atoms with Gasteiger partial charge in [-0.1, -0.05) is 173 Å². The quantitative estimate of drug-likeness (QED) is 0.0186. The van der Waals surface area contributed by atoms with Crippen molar-refractivity contribution in [3.63, 3.8) is 0 Å². The summed E-state index contributed by atoms with van der Waals surface area (Å²) in [4.78, 5) is 53.3. The Bertz CT molecular complexity index is 3080. The first-order chi connectivity index (χ1) is 41.1. The van der Waals surface area contributed by atoms with E-state index in [1.165, 1.54) is 46.0 Å². The number of halogens is 2. The average molecular weight is 1210 g/mol. The maximum Gasteiger partial charge on any atom is 0.330 e. The smallest absolute Gasteiger partial charge is 0.330 e. The second kappa shape index (κ2) is 31.6. The van der Waals surface area contributed by atoms with Crippen molar-refractivity contribution in [2.75, 3.05) is 26.4 Å². The summed E-state index contributed by atoms with van der Waals surface area (Å²) in [5.41, 5.74) is 4.26. The lowest BCUT2D eigenvalue weighted by atomic mass is 9.79. The summed E-state index contributed by atoms with van der Waals surface area (Å²) in [5, 5.41) is 1.92. The molecule has 2 fully saturated rings. The van der Waals surface area contributed by atoms with Gasteiger partial charge in [-0.25, -0.2) is 9.59 Å². The van der Waals surface area contributed by atoms with Crippen LogP contribution in [0.1, 0.15) is 151 Å². The Balaban J connectivity index is 0.844. The minimum absolute atomic E-state index is 0.306. The highest BCUT2D eigenvalue weighted by atomic mass is 35.5. The van der Waals surface area contributed by atoms with E-state index >= 15 is 0 Å². The zero-order valence-electron chi connectivity index (χ0n) is 47.9. The summed E-state index contributed by atoms with van der Waals surface area (Å²) in [6.45, 7) is 9.05. The summed E-state index contributed by atoms with van der Waals surface area (Å²) in [5.74, 6) is 0.990. The molecule has 442 valence electrons. The van der Waals surface area contributed by atoms with Crippen molar-refractivity contribution in [2.45, 2.75) is 140 Å². The summed E-state index contributed by atoms with van der Waals surface area (Å²) in [7, 11) is 0. The number of benzene rings is 5. The number of carbonyl (C=O) groups is 4. The van der Waals surface area contributed by atoms with Crippen molar-refractivity contribution in [3.05, 3.63) is 156 Å². The Morgan fingerprint density at radius 1 is 0.440 bits per heavy atom. The SMILES string of the molecule is C=CC(=O)OCCCCCCCCOc1ccc(C2CCC(C(=O)Oc3c4sc(-c5ccccc5)c(Cl)c4c(OC(=O)C4CCC(c5ccc(OCCCCCCCCOC(=O)C=C)cc5)CC4)c4sc(-c5ccccc5)c(Cl)c34)CC2)cc1. The van der Waals surface area contributed by atoms with E-state index in [1.54, 1.807) is 0 Å². The molecule has 2 aliphatic rings. The molecule has 9 rings (SSSR count). The number of hydrogen-bond acceptors (Lipinski definition) is 12. The largest absolute Gasteiger partial charge is 0.494 e. The van der Waals surface area contributed by atoms with Crippen LogP contribution >= 0.6 is 45.9 Å². The third-order valence-corrected chi connectivity index (χ3v) is 19.8. The van der Waals surface area contributed by atoms with Crippen LogP contribution in [0.25, 0.3) is 41.1 Å². The average Bonchev–Trinajstić information content (AvgIpc) is 1.79. The molecule has 0 radical (unpaired) electrons. The predicted molar refractivity (Wildman–Crippen MR) is 340 cm³/mol. The fourth-order valence-corrected chi connectivity index (χ4v) is 14.8. The van der Waals surface area contributed by atoms with E-state index in [-0.39, 0.29) is 35.7 Å². The second-order valence-corrected chi connectivity index (χ2v) is 24.8. The predicted octanol–water partition coefficient (Wildman–Crippen LogP) is 19.4. The molecule has 0 bridgehead atoms. The van der Waals surface area contributed by atoms with Crippen LogP contribution in [0.3, 0.4) is 0 Å². The Kier molecular flexibility index (Phi) is 23.4. The Hall–Kier alpha value is -6.44. The van der Waals surface area contributed by atoms with Crippen molar-refractivity contribution in [1.82, 2.24) is 0 Å². The highest BCUT2D eigenvalue weighted by molar-refractivity contribution is 7.25. The number of thiophene rings is 2. The van der Waals surface area contributed by atoms with Gasteiger partial charge >= 0.3 is 23.9 Å². The second-order valence-electron chi connectivity index (χ2n) is 22.0. The first kappa shape index (κ1) is 62.1. The van der Waals surface area contributed by atoms with Crippen LogP contribution in [0.4, 0.5) is 0 Å². The Morgan fingerprint density at radius 2 is 0.774 bits per heavy atom. The molecule has 14 heteroatoms. The summed E-state index contributed by atoms with van der Waals surface area (Å²) in [6.07, 6.45) is 20.7. The van der Waals surface area contributed by atoms with Crippen LogP contribution in [-0.4, -0.2) is 50.3 Å². The minimum atomic E-state index is -0.367. The first-order valence-electron chi connectivity index (χ1n) is 30.1. The molecule has 2 aliphatic carbocycles. The topological polar surface area (TPSA) is 124 Å². The molecule has 0 unspecified atom stereocenters. The number of carbonyl (C=O) groups excluding carboxylic acids is 4. The van der Waals surface area contributed by atoms with Crippen molar-refractivity contribution in [1.29, 1.82) is 0 Å². The Labute approximate surface area is 512 Å². The molecule has 7 aromatic rings. The molecule has 2 aromatic heterocycles. The van der Waals surface area contributed by atoms with E-state index in [9.17, 15) is 19.2 Å². The van der Waals surface area contributed by atoms with E-state index in [0.29, 0.717) is 106 Å². The van der Waals surface area contributed by atoms with Crippen molar-refractivity contribution >= 4 is 89.9 Å². The van der Waals surface area contributed by atoms with Crippen LogP contribution in [0, 0.1) is 11.8 Å². The van der Waals surface area contributed by atoms with Gasteiger partial charge in [-0.3, -0.25) is 9.59 Å². The summed E-state index contributed by atoms with van der Waals surface area (Å²) >= 11 is 17.9. The molecule has 2 heterocycles. The van der Waals surface area contributed by atoms with Crippen molar-refractivity contribution < 1.29 is 47.6 Å². The molecule has 0 aliphatic heterocycles. The summed E-state index contributed by atoms with van der Waals surface area (Å²) < 4.78 is 36.9. The lowest BCUT2D eigenvalue weighted by Gasteiger charge is -2.28. The molecular formula is C70H76Cl2O10S2. The van der Waals surface area contributed by atoms with E-state index in [1.807, 2.05) is 60.7 Å². The maximum atomic E-state index is 14.7. The monoisotopic (exact) mass is 1210 g/mol. The number of fused-ring (bicyclic) bond motifs is 2. The highest BCUT2D eigenvalue weighted by Gasteiger charge is 2.36. The number of ether oxygens (including phenoxy) is 6. The standard InChI is InChI=1S/C70H76Cl2O10S2/c1-3-57(73)79-45-21-11-7-5-9-19-43-77-55-39-35-49(36-40-55)47-27-31-53(32-28-47)69(75)81-63-59-61(71)65(51-23-15-13-16-24-51)84-68(59)64(60-62(72)66(83-67(60)63)52-25-17-14-18-26-52)82-70(76)54-33-29-48(30-34-54)50-37-41-56(42-38-50)78-44-20-10-6-8-12-22-46-80-58(74)4-2/h3-4,13-18,23-26,35-42,47-48,53-54H,1-2,5-12,19-22,27-34,43-46H2. The van der Waals surface area contributed by atoms with Crippen LogP contribution < -0.4 is 18.9 Å². The molecule has 0 amide bonds. The lowest BCUT2D eigenvalue weighted by molar-refractivity contribution is -0.140. The Morgan fingerprint density at radius 3 is 1.12 bits per heavy atom. The maximum absolute atomic E-state index is 14.7. The van der Waals surface area contributed by atoms with Gasteiger partial charge in [0.15, 0.2) is 11.5 Å². The van der Waals surface area contributed by atoms with E-state index in [4.69, 9.17) is 51.6 Å². The van der Waals surface area contributed by atoms with Gasteiger partial charge in [0.05, 0.1) is 78.2 Å². The molecule has 0 atom stereocenters. The lowest BCUT2D eigenvalue weighted by Crippen LogP contribution is -2.26. The van der Waals surface area contributed by atoms with E-state index in [0.717, 1.165) is 135 Å². The van der Waals surface area contributed by atoms with Crippen LogP contribution in [0.15, 0.2) is 135 Å². The van der Waals surface area contributed by atoms with Crippen molar-refractivity contribution in [3.8, 4) is 43.9 Å². The van der Waals surface area contributed by atoms with E-state index in [2.05, 4.69) is 61.7 Å². The normalized spacial score (nSPS) is 16.9. The van der Waals surface area contributed by atoms with E-state index < -0.39 is 0 Å². The molecule has 0 saturated heterocycles. The molecular weight excluding hydrogens is 1140 g/mol. The molecule has 0 N–H and O–H groups in total. The van der Waals surface area contributed by atoms with Gasteiger partial charge in [-0.2, -0.15) is 0 Å². The fraction of sp³-hybridized carbons (Fsp3) is 0.400. The van der Waals surface area contributed by atoms with Crippen LogP contribution in [0.2, 0.25) is 10.0 Å². The van der Waals surface area contributed by atoms with Gasteiger partial charge in [0, 0.05) is 12.2 Å². The molecule has 2 saturated carbocycles. The van der Waals surface area contributed by atoms with Gasteiger partial charge in [0.1, 0.15) is 11.5 Å². The molecule has 84 heavy (non-hydrogen) atoms. The third-order valence-electron chi connectivity index (χ3n) is 16.3. The molecule has 5 aromatic carbocycles. The van der Waals surface area contributed by atoms with Gasteiger partial charge in [0.25, 0.3) is 0 Å².